The molecule has 2 aliphatic rings. The number of rotatable bonds is 4. The Bertz CT molecular complexity index is 784. The lowest BCUT2D eigenvalue weighted by atomic mass is 9.87. The van der Waals surface area contributed by atoms with E-state index in [-0.39, 0.29) is 12.0 Å². The van der Waals surface area contributed by atoms with Gasteiger partial charge >= 0.3 is 6.18 Å². The number of hydrogen-bond acceptors (Lipinski definition) is 4. The third kappa shape index (κ3) is 4.80. The van der Waals surface area contributed by atoms with Crippen molar-refractivity contribution in [3.8, 4) is 0 Å². The highest BCUT2D eigenvalue weighted by Gasteiger charge is 2.34. The van der Waals surface area contributed by atoms with Crippen LogP contribution in [0.3, 0.4) is 0 Å². The molecule has 0 amide bonds. The number of anilines is 1. The van der Waals surface area contributed by atoms with E-state index < -0.39 is 21.8 Å². The molecule has 9 heteroatoms. The minimum atomic E-state index is -4.38. The summed E-state index contributed by atoms with van der Waals surface area (Å²) < 4.78 is 64.9. The zero-order valence-electron chi connectivity index (χ0n) is 16.3. The van der Waals surface area contributed by atoms with E-state index in [2.05, 4.69) is 5.32 Å². The first kappa shape index (κ1) is 21.4. The van der Waals surface area contributed by atoms with Crippen LogP contribution < -0.4 is 10.2 Å². The summed E-state index contributed by atoms with van der Waals surface area (Å²) in [5, 5.41) is 3.30. The van der Waals surface area contributed by atoms with E-state index in [1.54, 1.807) is 13.1 Å². The number of halogens is 3. The van der Waals surface area contributed by atoms with E-state index in [1.807, 2.05) is 4.90 Å². The smallest absolute Gasteiger partial charge is 0.371 e. The Labute approximate surface area is 164 Å². The van der Waals surface area contributed by atoms with Gasteiger partial charge in [0.15, 0.2) is 0 Å². The molecule has 3 rings (SSSR count). The van der Waals surface area contributed by atoms with Crippen molar-refractivity contribution < 1.29 is 21.6 Å². The van der Waals surface area contributed by atoms with Crippen LogP contribution in [0.5, 0.6) is 0 Å². The molecule has 0 atom stereocenters. The van der Waals surface area contributed by atoms with Crippen molar-refractivity contribution in [3.63, 3.8) is 0 Å². The van der Waals surface area contributed by atoms with E-state index in [0.29, 0.717) is 31.6 Å². The number of hydrogen-bond donors (Lipinski definition) is 1. The fraction of sp³-hybridized carbons (Fsp3) is 0.684. The second-order valence-electron chi connectivity index (χ2n) is 7.79. The average molecular weight is 420 g/mol. The molecule has 1 aromatic rings. The fourth-order valence-corrected chi connectivity index (χ4v) is 4.97. The largest absolute Gasteiger partial charge is 0.416 e. The van der Waals surface area contributed by atoms with Crippen molar-refractivity contribution in [1.82, 2.24) is 9.62 Å². The Kier molecular flexibility index (Phi) is 6.26. The quantitative estimate of drug-likeness (QED) is 0.815. The summed E-state index contributed by atoms with van der Waals surface area (Å²) in [5.74, 6) is 0.245. The van der Waals surface area contributed by atoms with Gasteiger partial charge in [-0.25, -0.2) is 12.7 Å². The molecule has 2 heterocycles. The Balaban J connectivity index is 1.85. The summed E-state index contributed by atoms with van der Waals surface area (Å²) in [6.45, 7) is 2.83. The van der Waals surface area contributed by atoms with Gasteiger partial charge in [0.05, 0.1) is 11.8 Å². The number of piperidine rings is 2. The summed E-state index contributed by atoms with van der Waals surface area (Å²) >= 11 is 0. The maximum atomic E-state index is 13.3. The van der Waals surface area contributed by atoms with Crippen LogP contribution >= 0.6 is 0 Å². The highest BCUT2D eigenvalue weighted by atomic mass is 32.2. The SMILES string of the molecule is CN(C1CCN(c2cc(C(F)(F)F)ccc2C2CCNCC2)CC1)S(C)(=O)=O. The lowest BCUT2D eigenvalue weighted by Gasteiger charge is -2.39. The maximum absolute atomic E-state index is 13.3. The number of sulfonamides is 1. The third-order valence-electron chi connectivity index (χ3n) is 5.98. The van der Waals surface area contributed by atoms with E-state index in [1.165, 1.54) is 22.7 Å². The van der Waals surface area contributed by atoms with Crippen LogP contribution in [-0.4, -0.2) is 58.2 Å². The molecule has 0 aliphatic carbocycles. The number of alkyl halides is 3. The van der Waals surface area contributed by atoms with Crippen LogP contribution in [0, 0.1) is 0 Å². The van der Waals surface area contributed by atoms with Crippen LogP contribution in [0.25, 0.3) is 0 Å². The summed E-state index contributed by atoms with van der Waals surface area (Å²) in [6.07, 6.45) is -0.175. The Morgan fingerprint density at radius 1 is 1.11 bits per heavy atom. The van der Waals surface area contributed by atoms with Gasteiger partial charge in [-0.3, -0.25) is 0 Å². The first-order valence-corrected chi connectivity index (χ1v) is 11.5. The molecule has 158 valence electrons. The second kappa shape index (κ2) is 8.20. The minimum Gasteiger partial charge on any atom is -0.371 e. The number of nitrogens with zero attached hydrogens (tertiary/aromatic N) is 2. The van der Waals surface area contributed by atoms with Gasteiger partial charge in [-0.2, -0.15) is 13.2 Å². The summed E-state index contributed by atoms with van der Waals surface area (Å²) in [7, 11) is -1.71. The minimum absolute atomic E-state index is 0.112. The molecule has 5 nitrogen and oxygen atoms in total. The van der Waals surface area contributed by atoms with Crippen LogP contribution in [0.1, 0.15) is 42.7 Å². The van der Waals surface area contributed by atoms with Crippen molar-refractivity contribution in [1.29, 1.82) is 0 Å². The summed E-state index contributed by atoms with van der Waals surface area (Å²) in [5.41, 5.74) is 1.00. The molecule has 0 saturated carbocycles. The molecule has 2 saturated heterocycles. The molecular formula is C19H28F3N3O2S. The van der Waals surface area contributed by atoms with E-state index in [4.69, 9.17) is 0 Å². The molecule has 0 bridgehead atoms. The van der Waals surface area contributed by atoms with E-state index in [0.717, 1.165) is 31.5 Å². The zero-order valence-corrected chi connectivity index (χ0v) is 17.1. The second-order valence-corrected chi connectivity index (χ2v) is 9.84. The van der Waals surface area contributed by atoms with Gasteiger partial charge in [0.1, 0.15) is 0 Å². The first-order valence-electron chi connectivity index (χ1n) is 9.67. The van der Waals surface area contributed by atoms with Gasteiger partial charge in [0, 0.05) is 31.9 Å². The van der Waals surface area contributed by atoms with Gasteiger partial charge < -0.3 is 10.2 Å². The van der Waals surface area contributed by atoms with Crippen molar-refractivity contribution in [2.45, 2.75) is 43.8 Å². The summed E-state index contributed by atoms with van der Waals surface area (Å²) in [4.78, 5) is 2.00. The van der Waals surface area contributed by atoms with Gasteiger partial charge in [0.2, 0.25) is 10.0 Å². The molecule has 2 fully saturated rings. The Morgan fingerprint density at radius 2 is 1.71 bits per heavy atom. The van der Waals surface area contributed by atoms with Crippen LogP contribution in [0.15, 0.2) is 18.2 Å². The number of nitrogens with one attached hydrogen (secondary N) is 1. The van der Waals surface area contributed by atoms with Crippen molar-refractivity contribution >= 4 is 15.7 Å². The number of benzene rings is 1. The molecule has 0 radical (unpaired) electrons. The fourth-order valence-electron chi connectivity index (χ4n) is 4.21. The van der Waals surface area contributed by atoms with Gasteiger partial charge in [-0.1, -0.05) is 6.07 Å². The van der Waals surface area contributed by atoms with Crippen molar-refractivity contribution in [3.05, 3.63) is 29.3 Å². The highest BCUT2D eigenvalue weighted by Crippen LogP contribution is 2.39. The molecule has 0 spiro atoms. The van der Waals surface area contributed by atoms with Crippen LogP contribution in [-0.2, 0) is 16.2 Å². The predicted octanol–water partition coefficient (Wildman–Crippen LogP) is 3.03. The van der Waals surface area contributed by atoms with Crippen molar-refractivity contribution in [2.24, 2.45) is 0 Å². The Hall–Kier alpha value is -1.32. The molecule has 0 aromatic heterocycles. The predicted molar refractivity (Wildman–Crippen MR) is 104 cm³/mol. The van der Waals surface area contributed by atoms with Crippen LogP contribution in [0.2, 0.25) is 0 Å². The summed E-state index contributed by atoms with van der Waals surface area (Å²) in [6, 6.07) is 3.99. The lowest BCUT2D eigenvalue weighted by molar-refractivity contribution is -0.137. The molecule has 1 aromatic carbocycles. The zero-order chi connectivity index (χ0) is 20.5. The third-order valence-corrected chi connectivity index (χ3v) is 7.32. The van der Waals surface area contributed by atoms with Gasteiger partial charge in [-0.15, -0.1) is 0 Å². The Morgan fingerprint density at radius 3 is 2.25 bits per heavy atom. The van der Waals surface area contributed by atoms with Crippen molar-refractivity contribution in [2.75, 3.05) is 44.4 Å². The average Bonchev–Trinajstić information content (AvgIpc) is 2.66. The monoisotopic (exact) mass is 419 g/mol. The maximum Gasteiger partial charge on any atom is 0.416 e. The first-order chi connectivity index (χ1) is 13.1. The van der Waals surface area contributed by atoms with Gasteiger partial charge in [-0.05, 0) is 62.4 Å². The molecule has 2 aliphatic heterocycles. The topological polar surface area (TPSA) is 52.6 Å². The van der Waals surface area contributed by atoms with E-state index in [9.17, 15) is 21.6 Å². The molecule has 1 N–H and O–H groups in total. The molecule has 0 unspecified atom stereocenters. The van der Waals surface area contributed by atoms with Crippen LogP contribution in [0.4, 0.5) is 18.9 Å². The standard InChI is InChI=1S/C19H28F3N3O2S/c1-24(28(2,26)27)16-7-11-25(12-8-16)18-13-15(19(20,21)22)3-4-17(18)14-5-9-23-10-6-14/h3-4,13-14,16,23H,5-12H2,1-2H3. The van der Waals surface area contributed by atoms with Gasteiger partial charge in [0.25, 0.3) is 0 Å². The molecule has 28 heavy (non-hydrogen) atoms. The highest BCUT2D eigenvalue weighted by molar-refractivity contribution is 7.88. The normalized spacial score (nSPS) is 20.7. The van der Waals surface area contributed by atoms with E-state index >= 15 is 0 Å². The molecular weight excluding hydrogens is 391 g/mol. The lowest BCUT2D eigenvalue weighted by Crippen LogP contribution is -2.45.